The third-order valence-electron chi connectivity index (χ3n) is 3.96. The van der Waals surface area contributed by atoms with Crippen molar-refractivity contribution in [2.75, 3.05) is 7.11 Å². The van der Waals surface area contributed by atoms with Gasteiger partial charge < -0.3 is 9.47 Å². The first-order valence-corrected chi connectivity index (χ1v) is 8.50. The van der Waals surface area contributed by atoms with Gasteiger partial charge in [0.1, 0.15) is 17.3 Å². The minimum atomic E-state index is -0.796. The number of allylic oxidation sites excluding steroid dienone is 1. The number of hydrogen-bond acceptors (Lipinski definition) is 4. The fourth-order valence-electron chi connectivity index (χ4n) is 2.49. The fraction of sp³-hybridized carbons (Fsp3) is 0.0435. The van der Waals surface area contributed by atoms with Gasteiger partial charge in [-0.1, -0.05) is 30.3 Å². The molecule has 140 valence electrons. The molecule has 0 aliphatic rings. The van der Waals surface area contributed by atoms with Crippen LogP contribution in [0, 0.1) is 5.82 Å². The summed E-state index contributed by atoms with van der Waals surface area (Å²) in [6, 6.07) is 19.0. The molecule has 0 fully saturated rings. The Kier molecular flexibility index (Phi) is 5.97. The van der Waals surface area contributed by atoms with Crippen LogP contribution >= 0.6 is 0 Å². The Labute approximate surface area is 161 Å². The maximum atomic E-state index is 13.6. The van der Waals surface area contributed by atoms with Crippen LogP contribution in [-0.2, 0) is 0 Å². The SMILES string of the molecule is COc1cccc(/C=C/C(=O)c2ccc(OC(=O)c3ccccc3F)cc2)c1. The molecule has 3 aromatic rings. The second kappa shape index (κ2) is 8.77. The van der Waals surface area contributed by atoms with Crippen molar-refractivity contribution in [1.29, 1.82) is 0 Å². The lowest BCUT2D eigenvalue weighted by molar-refractivity contribution is 0.0730. The lowest BCUT2D eigenvalue weighted by atomic mass is 10.1. The Hall–Kier alpha value is -3.73. The standard InChI is InChI=1S/C23H17FO4/c1-27-19-6-4-5-16(15-19)9-14-22(25)17-10-12-18(13-11-17)28-23(26)20-7-2-3-8-21(20)24/h2-15H,1H3/b14-9+. The molecule has 0 aliphatic carbocycles. The van der Waals surface area contributed by atoms with E-state index in [1.54, 1.807) is 31.4 Å². The van der Waals surface area contributed by atoms with Gasteiger partial charge >= 0.3 is 5.97 Å². The molecule has 0 spiro atoms. The summed E-state index contributed by atoms with van der Waals surface area (Å²) in [4.78, 5) is 24.3. The zero-order valence-corrected chi connectivity index (χ0v) is 15.1. The number of esters is 1. The van der Waals surface area contributed by atoms with Crippen molar-refractivity contribution in [1.82, 2.24) is 0 Å². The quantitative estimate of drug-likeness (QED) is 0.264. The van der Waals surface area contributed by atoms with E-state index in [9.17, 15) is 14.0 Å². The molecule has 0 unspecified atom stereocenters. The zero-order chi connectivity index (χ0) is 19.9. The number of halogens is 1. The minimum Gasteiger partial charge on any atom is -0.497 e. The van der Waals surface area contributed by atoms with Crippen molar-refractivity contribution in [3.63, 3.8) is 0 Å². The van der Waals surface area contributed by atoms with Crippen LogP contribution in [0.4, 0.5) is 4.39 Å². The van der Waals surface area contributed by atoms with E-state index in [-0.39, 0.29) is 17.1 Å². The summed E-state index contributed by atoms with van der Waals surface area (Å²) in [5, 5.41) is 0. The van der Waals surface area contributed by atoms with E-state index in [1.807, 2.05) is 24.3 Å². The monoisotopic (exact) mass is 376 g/mol. The number of ketones is 1. The van der Waals surface area contributed by atoms with E-state index in [1.165, 1.54) is 36.4 Å². The van der Waals surface area contributed by atoms with Crippen molar-refractivity contribution in [3.05, 3.63) is 101 Å². The summed E-state index contributed by atoms with van der Waals surface area (Å²) in [5.74, 6) is -0.718. The summed E-state index contributed by atoms with van der Waals surface area (Å²) in [5.41, 5.74) is 1.12. The highest BCUT2D eigenvalue weighted by Crippen LogP contribution is 2.17. The Balaban J connectivity index is 1.66. The van der Waals surface area contributed by atoms with Gasteiger partial charge in [-0.2, -0.15) is 0 Å². The molecule has 0 aliphatic heterocycles. The smallest absolute Gasteiger partial charge is 0.346 e. The minimum absolute atomic E-state index is 0.149. The number of rotatable bonds is 6. The van der Waals surface area contributed by atoms with Crippen molar-refractivity contribution in [3.8, 4) is 11.5 Å². The first-order chi connectivity index (χ1) is 13.6. The van der Waals surface area contributed by atoms with Gasteiger partial charge in [0.2, 0.25) is 0 Å². The van der Waals surface area contributed by atoms with E-state index in [0.717, 1.165) is 5.56 Å². The van der Waals surface area contributed by atoms with Crippen LogP contribution in [0.5, 0.6) is 11.5 Å². The lowest BCUT2D eigenvalue weighted by Gasteiger charge is -2.05. The number of carbonyl (C=O) groups is 2. The van der Waals surface area contributed by atoms with Crippen LogP contribution in [0.25, 0.3) is 6.08 Å². The van der Waals surface area contributed by atoms with Gasteiger partial charge in [-0.15, -0.1) is 0 Å². The van der Waals surface area contributed by atoms with E-state index >= 15 is 0 Å². The maximum absolute atomic E-state index is 13.6. The Morgan fingerprint density at radius 1 is 0.893 bits per heavy atom. The molecule has 0 N–H and O–H groups in total. The summed E-state index contributed by atoms with van der Waals surface area (Å²) in [6.45, 7) is 0. The second-order valence-electron chi connectivity index (χ2n) is 5.87. The molecule has 0 saturated heterocycles. The summed E-state index contributed by atoms with van der Waals surface area (Å²) in [7, 11) is 1.58. The molecule has 4 nitrogen and oxygen atoms in total. The summed E-state index contributed by atoms with van der Waals surface area (Å²) >= 11 is 0. The molecule has 3 rings (SSSR count). The first-order valence-electron chi connectivity index (χ1n) is 8.50. The highest BCUT2D eigenvalue weighted by atomic mass is 19.1. The van der Waals surface area contributed by atoms with Crippen LogP contribution in [0.15, 0.2) is 78.9 Å². The fourth-order valence-corrected chi connectivity index (χ4v) is 2.49. The second-order valence-corrected chi connectivity index (χ2v) is 5.87. The molecular formula is C23H17FO4. The largest absolute Gasteiger partial charge is 0.497 e. The molecule has 0 bridgehead atoms. The van der Waals surface area contributed by atoms with Crippen molar-refractivity contribution in [2.24, 2.45) is 0 Å². The topological polar surface area (TPSA) is 52.6 Å². The third-order valence-corrected chi connectivity index (χ3v) is 3.96. The van der Waals surface area contributed by atoms with Crippen molar-refractivity contribution in [2.45, 2.75) is 0 Å². The Morgan fingerprint density at radius 2 is 1.64 bits per heavy atom. The molecular weight excluding hydrogens is 359 g/mol. The van der Waals surface area contributed by atoms with Crippen LogP contribution in [0.2, 0.25) is 0 Å². The van der Waals surface area contributed by atoms with E-state index in [4.69, 9.17) is 9.47 Å². The molecule has 0 amide bonds. The van der Waals surface area contributed by atoms with Gasteiger partial charge in [0.15, 0.2) is 5.78 Å². The average molecular weight is 376 g/mol. The molecule has 3 aromatic carbocycles. The molecule has 0 aromatic heterocycles. The molecule has 28 heavy (non-hydrogen) atoms. The Bertz CT molecular complexity index is 1020. The van der Waals surface area contributed by atoms with Crippen LogP contribution in [-0.4, -0.2) is 18.9 Å². The van der Waals surface area contributed by atoms with Gasteiger partial charge in [-0.3, -0.25) is 4.79 Å². The molecule has 0 heterocycles. The summed E-state index contributed by atoms with van der Waals surface area (Å²) < 4.78 is 23.9. The number of carbonyl (C=O) groups excluding carboxylic acids is 2. The maximum Gasteiger partial charge on any atom is 0.346 e. The molecule has 0 saturated carbocycles. The molecule has 0 radical (unpaired) electrons. The van der Waals surface area contributed by atoms with Gasteiger partial charge in [-0.25, -0.2) is 9.18 Å². The van der Waals surface area contributed by atoms with Gasteiger partial charge in [0.25, 0.3) is 0 Å². The molecule has 0 atom stereocenters. The summed E-state index contributed by atoms with van der Waals surface area (Å²) in [6.07, 6.45) is 3.14. The van der Waals surface area contributed by atoms with Crippen molar-refractivity contribution >= 4 is 17.8 Å². The first kappa shape index (κ1) is 19.0. The highest BCUT2D eigenvalue weighted by molar-refractivity contribution is 6.06. The van der Waals surface area contributed by atoms with Crippen LogP contribution in [0.1, 0.15) is 26.3 Å². The number of ether oxygens (including phenoxy) is 2. The lowest BCUT2D eigenvalue weighted by Crippen LogP contribution is -2.10. The average Bonchev–Trinajstić information content (AvgIpc) is 2.73. The van der Waals surface area contributed by atoms with E-state index in [2.05, 4.69) is 0 Å². The van der Waals surface area contributed by atoms with Crippen molar-refractivity contribution < 1.29 is 23.5 Å². The zero-order valence-electron chi connectivity index (χ0n) is 15.1. The number of benzene rings is 3. The predicted molar refractivity (Wildman–Crippen MR) is 104 cm³/mol. The van der Waals surface area contributed by atoms with Gasteiger partial charge in [0, 0.05) is 5.56 Å². The van der Waals surface area contributed by atoms with Gasteiger partial charge in [0.05, 0.1) is 12.7 Å². The molecule has 5 heteroatoms. The number of hydrogen-bond donors (Lipinski definition) is 0. The van der Waals surface area contributed by atoms with Crippen LogP contribution < -0.4 is 9.47 Å². The van der Waals surface area contributed by atoms with E-state index in [0.29, 0.717) is 11.3 Å². The van der Waals surface area contributed by atoms with Crippen LogP contribution in [0.3, 0.4) is 0 Å². The predicted octanol–water partition coefficient (Wildman–Crippen LogP) is 4.95. The normalized spacial score (nSPS) is 10.6. The number of methoxy groups -OCH3 is 1. The van der Waals surface area contributed by atoms with E-state index < -0.39 is 11.8 Å². The Morgan fingerprint density at radius 3 is 2.36 bits per heavy atom. The third kappa shape index (κ3) is 4.71. The van der Waals surface area contributed by atoms with Gasteiger partial charge in [-0.05, 0) is 60.2 Å². The highest BCUT2D eigenvalue weighted by Gasteiger charge is 2.13.